The van der Waals surface area contributed by atoms with Gasteiger partial charge in [0.25, 0.3) is 0 Å². The fourth-order valence-corrected chi connectivity index (χ4v) is 2.95. The molecule has 7 nitrogen and oxygen atoms in total. The number of hydrogen-bond donors (Lipinski definition) is 1. The van der Waals surface area contributed by atoms with Crippen molar-refractivity contribution < 1.29 is 18.0 Å². The minimum absolute atomic E-state index is 0.0790. The molecule has 0 amide bonds. The lowest BCUT2D eigenvalue weighted by Gasteiger charge is -2.09. The number of imidazole rings is 1. The van der Waals surface area contributed by atoms with Gasteiger partial charge in [0.2, 0.25) is 0 Å². The van der Waals surface area contributed by atoms with E-state index in [0.29, 0.717) is 11.3 Å². The molecule has 2 heterocycles. The van der Waals surface area contributed by atoms with E-state index in [1.54, 1.807) is 25.2 Å². The number of hydrogen-bond acceptors (Lipinski definition) is 5. The average molecular weight is 437 g/mol. The van der Waals surface area contributed by atoms with E-state index in [1.165, 1.54) is 4.57 Å². The van der Waals surface area contributed by atoms with E-state index in [2.05, 4.69) is 35.6 Å². The van der Waals surface area contributed by atoms with Crippen molar-refractivity contribution in [2.24, 2.45) is 7.05 Å². The number of rotatable bonds is 3. The molecule has 0 saturated heterocycles. The van der Waals surface area contributed by atoms with Crippen molar-refractivity contribution >= 4 is 27.0 Å². The number of benzene rings is 2. The van der Waals surface area contributed by atoms with Crippen LogP contribution in [0, 0.1) is 18.6 Å². The van der Waals surface area contributed by atoms with Crippen LogP contribution < -0.4 is 10.5 Å². The van der Waals surface area contributed by atoms with E-state index >= 15 is 0 Å². The number of nitrogens with zero attached hydrogens (tertiary/aromatic N) is 3. The predicted molar refractivity (Wildman–Crippen MR) is 95.7 cm³/mol. The second-order valence-corrected chi connectivity index (χ2v) is 6.63. The maximum Gasteiger partial charge on any atom is 0.439 e. The standard InChI is InChI=1S/C17H11BrF2N4O3/c1-7-3-4-8(15-22-17(25)27-23-15)5-11(7)26-16-21-10-6-9(19)12(18)13(20)14(10)24(16)2/h3-6H,1-2H3,(H,22,23,25). The molecule has 0 atom stereocenters. The number of aryl methyl sites for hydroxylation is 2. The number of aromatic nitrogens is 4. The number of nitrogens with one attached hydrogen (secondary N) is 1. The third-order valence-corrected chi connectivity index (χ3v) is 4.78. The Bertz CT molecular complexity index is 1250. The van der Waals surface area contributed by atoms with Gasteiger partial charge in [0.05, 0.1) is 9.99 Å². The van der Waals surface area contributed by atoms with Crippen LogP contribution in [0.1, 0.15) is 5.56 Å². The molecular formula is C17H11BrF2N4O3. The highest BCUT2D eigenvalue weighted by molar-refractivity contribution is 9.10. The number of aromatic amines is 1. The molecule has 0 saturated carbocycles. The largest absolute Gasteiger partial charge is 0.439 e. The van der Waals surface area contributed by atoms with Crippen molar-refractivity contribution in [3.8, 4) is 23.1 Å². The minimum atomic E-state index is -0.763. The maximum absolute atomic E-state index is 14.4. The molecule has 0 aliphatic rings. The summed E-state index contributed by atoms with van der Waals surface area (Å²) in [5.74, 6) is -1.54. The van der Waals surface area contributed by atoms with Crippen LogP contribution in [0.15, 0.2) is 38.1 Å². The first kappa shape index (κ1) is 17.4. The van der Waals surface area contributed by atoms with Crippen LogP contribution in [0.25, 0.3) is 22.4 Å². The quantitative estimate of drug-likeness (QED) is 0.489. The third-order valence-electron chi connectivity index (χ3n) is 4.06. The van der Waals surface area contributed by atoms with Crippen molar-refractivity contribution in [2.75, 3.05) is 0 Å². The normalized spacial score (nSPS) is 11.3. The van der Waals surface area contributed by atoms with E-state index < -0.39 is 17.4 Å². The summed E-state index contributed by atoms with van der Waals surface area (Å²) in [7, 11) is 1.56. The van der Waals surface area contributed by atoms with Crippen LogP contribution in [-0.4, -0.2) is 19.7 Å². The molecule has 138 valence electrons. The predicted octanol–water partition coefficient (Wildman–Crippen LogP) is 4.06. The second kappa shape index (κ2) is 6.31. The molecular weight excluding hydrogens is 426 g/mol. The van der Waals surface area contributed by atoms with Crippen LogP contribution in [0.5, 0.6) is 11.8 Å². The van der Waals surface area contributed by atoms with E-state index in [4.69, 9.17) is 4.74 Å². The second-order valence-electron chi connectivity index (χ2n) is 5.83. The highest BCUT2D eigenvalue weighted by Crippen LogP contribution is 2.33. The summed E-state index contributed by atoms with van der Waals surface area (Å²) >= 11 is 2.88. The van der Waals surface area contributed by atoms with Crippen LogP contribution in [0.2, 0.25) is 0 Å². The van der Waals surface area contributed by atoms with Gasteiger partial charge in [-0.05, 0) is 34.5 Å². The fourth-order valence-electron chi connectivity index (χ4n) is 2.65. The van der Waals surface area contributed by atoms with Crippen molar-refractivity contribution in [3.63, 3.8) is 0 Å². The van der Waals surface area contributed by atoms with Crippen LogP contribution in [-0.2, 0) is 7.05 Å². The SMILES string of the molecule is Cc1ccc(-c2noc(=O)[nH]2)cc1Oc1nc2cc(F)c(Br)c(F)c2n1C. The first-order valence-electron chi connectivity index (χ1n) is 7.70. The third kappa shape index (κ3) is 2.91. The van der Waals surface area contributed by atoms with Gasteiger partial charge in [0.1, 0.15) is 17.1 Å². The zero-order valence-corrected chi connectivity index (χ0v) is 15.6. The Morgan fingerprint density at radius 1 is 1.30 bits per heavy atom. The fraction of sp³-hybridized carbons (Fsp3) is 0.118. The smallest absolute Gasteiger partial charge is 0.425 e. The topological polar surface area (TPSA) is 85.9 Å². The molecule has 0 fully saturated rings. The van der Waals surface area contributed by atoms with Gasteiger partial charge in [-0.25, -0.2) is 13.6 Å². The molecule has 4 aromatic rings. The molecule has 0 bridgehead atoms. The Hall–Kier alpha value is -3.01. The molecule has 4 rings (SSSR count). The van der Waals surface area contributed by atoms with Gasteiger partial charge in [0.15, 0.2) is 11.6 Å². The van der Waals surface area contributed by atoms with Gasteiger partial charge in [-0.15, -0.1) is 0 Å². The highest BCUT2D eigenvalue weighted by Gasteiger charge is 2.20. The molecule has 0 aliphatic carbocycles. The minimum Gasteiger partial charge on any atom is -0.425 e. The average Bonchev–Trinajstić information content (AvgIpc) is 3.19. The number of H-pyrrole nitrogens is 1. The van der Waals surface area contributed by atoms with E-state index in [-0.39, 0.29) is 27.3 Å². The molecule has 2 aromatic carbocycles. The molecule has 0 spiro atoms. The molecule has 2 aromatic heterocycles. The Kier molecular flexibility index (Phi) is 4.06. The van der Waals surface area contributed by atoms with Crippen molar-refractivity contribution in [1.82, 2.24) is 19.7 Å². The number of halogens is 3. The van der Waals surface area contributed by atoms with E-state index in [9.17, 15) is 13.6 Å². The molecule has 1 N–H and O–H groups in total. The van der Waals surface area contributed by atoms with Gasteiger partial charge in [0, 0.05) is 18.7 Å². The summed E-state index contributed by atoms with van der Waals surface area (Å²) in [5, 5.41) is 3.63. The van der Waals surface area contributed by atoms with Gasteiger partial charge < -0.3 is 4.74 Å². The molecule has 0 unspecified atom stereocenters. The lowest BCUT2D eigenvalue weighted by atomic mass is 10.1. The van der Waals surface area contributed by atoms with Gasteiger partial charge in [-0.1, -0.05) is 17.3 Å². The molecule has 0 radical (unpaired) electrons. The Labute approximate surface area is 158 Å². The van der Waals surface area contributed by atoms with Crippen LogP contribution in [0.4, 0.5) is 8.78 Å². The molecule has 10 heteroatoms. The summed E-state index contributed by atoms with van der Waals surface area (Å²) < 4.78 is 39.6. The summed E-state index contributed by atoms with van der Waals surface area (Å²) in [4.78, 5) is 17.8. The van der Waals surface area contributed by atoms with E-state index in [0.717, 1.165) is 11.6 Å². The van der Waals surface area contributed by atoms with Crippen molar-refractivity contribution in [3.05, 3.63) is 56.5 Å². The Morgan fingerprint density at radius 3 is 2.78 bits per heavy atom. The monoisotopic (exact) mass is 436 g/mol. The summed E-state index contributed by atoms with van der Waals surface area (Å²) in [6.07, 6.45) is 0. The summed E-state index contributed by atoms with van der Waals surface area (Å²) in [6, 6.07) is 6.33. The van der Waals surface area contributed by atoms with Crippen molar-refractivity contribution in [1.29, 1.82) is 0 Å². The van der Waals surface area contributed by atoms with E-state index in [1.807, 2.05) is 6.92 Å². The lowest BCUT2D eigenvalue weighted by molar-refractivity contribution is 0.388. The van der Waals surface area contributed by atoms with Gasteiger partial charge >= 0.3 is 11.8 Å². The number of ether oxygens (including phenoxy) is 1. The first-order valence-corrected chi connectivity index (χ1v) is 8.49. The van der Waals surface area contributed by atoms with Crippen LogP contribution in [0.3, 0.4) is 0 Å². The van der Waals surface area contributed by atoms with Crippen LogP contribution >= 0.6 is 15.9 Å². The zero-order chi connectivity index (χ0) is 19.3. The number of fused-ring (bicyclic) bond motifs is 1. The lowest BCUT2D eigenvalue weighted by Crippen LogP contribution is -1.98. The molecule has 0 aliphatic heterocycles. The van der Waals surface area contributed by atoms with Gasteiger partial charge in [-0.3, -0.25) is 14.1 Å². The summed E-state index contributed by atoms with van der Waals surface area (Å²) in [5.41, 5.74) is 1.55. The van der Waals surface area contributed by atoms with Gasteiger partial charge in [-0.2, -0.15) is 4.98 Å². The molecule has 27 heavy (non-hydrogen) atoms. The first-order chi connectivity index (χ1) is 12.8. The Balaban J connectivity index is 1.79. The Morgan fingerprint density at radius 2 is 2.07 bits per heavy atom. The maximum atomic E-state index is 14.4. The highest BCUT2D eigenvalue weighted by atomic mass is 79.9. The zero-order valence-electron chi connectivity index (χ0n) is 14.0. The summed E-state index contributed by atoms with van der Waals surface area (Å²) in [6.45, 7) is 1.81. The van der Waals surface area contributed by atoms with Crippen molar-refractivity contribution in [2.45, 2.75) is 6.92 Å².